The van der Waals surface area contributed by atoms with Crippen molar-refractivity contribution in [3.63, 3.8) is 0 Å². The summed E-state index contributed by atoms with van der Waals surface area (Å²) in [5, 5.41) is 7.90. The topological polar surface area (TPSA) is 0 Å². The molecular formula is C47H42. The van der Waals surface area contributed by atoms with Crippen molar-refractivity contribution in [1.29, 1.82) is 0 Å². The van der Waals surface area contributed by atoms with E-state index in [0.717, 1.165) is 0 Å². The summed E-state index contributed by atoms with van der Waals surface area (Å²) in [6.07, 6.45) is 13.8. The fourth-order valence-electron chi connectivity index (χ4n) is 7.09. The molecule has 0 amide bonds. The minimum Gasteiger partial charge on any atom is -0.0836 e. The number of fused-ring (bicyclic) bond motifs is 5. The Bertz CT molecular complexity index is 2160. The lowest BCUT2D eigenvalue weighted by atomic mass is 9.88. The van der Waals surface area contributed by atoms with Crippen LogP contribution in [-0.2, 0) is 12.8 Å². The van der Waals surface area contributed by atoms with Crippen LogP contribution >= 0.6 is 0 Å². The molecule has 0 saturated carbocycles. The molecule has 7 aromatic carbocycles. The second kappa shape index (κ2) is 13.7. The Morgan fingerprint density at radius 2 is 0.915 bits per heavy atom. The predicted octanol–water partition coefficient (Wildman–Crippen LogP) is 13.0. The molecule has 0 radical (unpaired) electrons. The largest absolute Gasteiger partial charge is 0.0836 e. The van der Waals surface area contributed by atoms with Gasteiger partial charge in [0.05, 0.1) is 0 Å². The summed E-state index contributed by atoms with van der Waals surface area (Å²) in [6.45, 7) is 6.51. The van der Waals surface area contributed by atoms with Crippen LogP contribution in [0.4, 0.5) is 0 Å². The monoisotopic (exact) mass is 606 g/mol. The zero-order valence-electron chi connectivity index (χ0n) is 27.8. The predicted molar refractivity (Wildman–Crippen MR) is 206 cm³/mol. The van der Waals surface area contributed by atoms with Crippen LogP contribution in [0, 0.1) is 20.8 Å². The molecule has 9 rings (SSSR count). The second-order valence-electron chi connectivity index (χ2n) is 12.9. The molecule has 0 spiro atoms. The van der Waals surface area contributed by atoms with Gasteiger partial charge < -0.3 is 0 Å². The second-order valence-corrected chi connectivity index (χ2v) is 12.9. The highest BCUT2D eigenvalue weighted by Gasteiger charge is 2.13. The molecule has 0 atom stereocenters. The van der Waals surface area contributed by atoms with E-state index in [1.807, 2.05) is 0 Å². The molecule has 47 heavy (non-hydrogen) atoms. The maximum atomic E-state index is 2.32. The van der Waals surface area contributed by atoms with Gasteiger partial charge in [0.2, 0.25) is 0 Å². The first kappa shape index (κ1) is 30.5. The molecular weight excluding hydrogens is 565 g/mol. The summed E-state index contributed by atoms with van der Waals surface area (Å²) in [6, 6.07) is 46.3. The molecule has 0 N–H and O–H groups in total. The van der Waals surface area contributed by atoms with Crippen molar-refractivity contribution in [2.24, 2.45) is 0 Å². The average Bonchev–Trinajstić information content (AvgIpc) is 3.12. The molecule has 230 valence electrons. The highest BCUT2D eigenvalue weighted by Crippen LogP contribution is 2.39. The molecule has 0 heteroatoms. The van der Waals surface area contributed by atoms with E-state index in [9.17, 15) is 0 Å². The lowest BCUT2D eigenvalue weighted by Crippen LogP contribution is -1.93. The molecule has 0 heterocycles. The van der Waals surface area contributed by atoms with Crippen molar-refractivity contribution in [1.82, 2.24) is 0 Å². The highest BCUT2D eigenvalue weighted by molar-refractivity contribution is 6.15. The highest BCUT2D eigenvalue weighted by atomic mass is 14.2. The van der Waals surface area contributed by atoms with Crippen molar-refractivity contribution in [2.45, 2.75) is 46.5 Å². The Morgan fingerprint density at radius 3 is 1.47 bits per heavy atom. The van der Waals surface area contributed by atoms with Crippen molar-refractivity contribution >= 4 is 44.5 Å². The number of hydrogen-bond donors (Lipinski definition) is 0. The summed E-state index contributed by atoms with van der Waals surface area (Å²) in [5.41, 5.74) is 12.5. The van der Waals surface area contributed by atoms with Crippen LogP contribution in [0.1, 0.15) is 51.8 Å². The minimum atomic E-state index is 1.20. The third-order valence-electron chi connectivity index (χ3n) is 9.60. The standard InChI is InChI=1S/C25H18.2C11H12/c1-17-21-10-4-6-12-23(21)25(24-13-7-5-11-22(17)24)20-15-14-18-8-2-3-9-19(18)16-20;2*1-9-6-7-10-4-2-3-5-11(10)8-9/h2-16H,1H3;2*3,5-8H,2,4H2,1H3. The van der Waals surface area contributed by atoms with E-state index in [0.29, 0.717) is 0 Å². The van der Waals surface area contributed by atoms with E-state index < -0.39 is 0 Å². The van der Waals surface area contributed by atoms with E-state index in [4.69, 9.17) is 0 Å². The zero-order valence-corrected chi connectivity index (χ0v) is 27.8. The summed E-state index contributed by atoms with van der Waals surface area (Å²) in [5.74, 6) is 0. The molecule has 0 saturated heterocycles. The van der Waals surface area contributed by atoms with Gasteiger partial charge in [-0.15, -0.1) is 0 Å². The molecule has 7 aromatic rings. The van der Waals surface area contributed by atoms with Gasteiger partial charge in [-0.05, 0) is 124 Å². The van der Waals surface area contributed by atoms with Crippen molar-refractivity contribution in [3.8, 4) is 11.1 Å². The molecule has 0 fully saturated rings. The molecule has 0 unspecified atom stereocenters. The van der Waals surface area contributed by atoms with Crippen LogP contribution < -0.4 is 0 Å². The smallest absolute Gasteiger partial charge is 0.00264 e. The Hall–Kier alpha value is -5.20. The van der Waals surface area contributed by atoms with Crippen LogP contribution in [0.5, 0.6) is 0 Å². The van der Waals surface area contributed by atoms with E-state index in [1.165, 1.54) is 108 Å². The molecule has 2 aliphatic rings. The SMILES string of the molecule is Cc1c2ccccc2c(-c2ccc3ccccc3c2)c2ccccc12.Cc1ccc2c(c1)C=CCC2.Cc1ccc2c(c1)C=CCC2. The molecule has 0 aliphatic heterocycles. The number of aryl methyl sites for hydroxylation is 5. The zero-order chi connectivity index (χ0) is 32.2. The van der Waals surface area contributed by atoms with Gasteiger partial charge in [-0.3, -0.25) is 0 Å². The van der Waals surface area contributed by atoms with Gasteiger partial charge in [0.1, 0.15) is 0 Å². The van der Waals surface area contributed by atoms with Gasteiger partial charge in [-0.2, -0.15) is 0 Å². The fraction of sp³-hybridized carbons (Fsp3) is 0.149. The Balaban J connectivity index is 0.000000131. The summed E-state index contributed by atoms with van der Waals surface area (Å²) < 4.78 is 0. The number of rotatable bonds is 1. The van der Waals surface area contributed by atoms with Gasteiger partial charge in [0, 0.05) is 0 Å². The van der Waals surface area contributed by atoms with E-state index in [2.05, 4.69) is 172 Å². The summed E-state index contributed by atoms with van der Waals surface area (Å²) in [7, 11) is 0. The third kappa shape index (κ3) is 6.56. The van der Waals surface area contributed by atoms with Gasteiger partial charge >= 0.3 is 0 Å². The maximum Gasteiger partial charge on any atom is -0.00264 e. The third-order valence-corrected chi connectivity index (χ3v) is 9.60. The van der Waals surface area contributed by atoms with Crippen LogP contribution in [0.3, 0.4) is 0 Å². The quantitative estimate of drug-likeness (QED) is 0.163. The lowest BCUT2D eigenvalue weighted by molar-refractivity contribution is 0.984. The van der Waals surface area contributed by atoms with E-state index in [1.54, 1.807) is 0 Å². The summed E-state index contributed by atoms with van der Waals surface area (Å²) in [4.78, 5) is 0. The first-order valence-corrected chi connectivity index (χ1v) is 17.0. The van der Waals surface area contributed by atoms with Crippen molar-refractivity contribution in [3.05, 3.63) is 178 Å². The maximum absolute atomic E-state index is 2.32. The van der Waals surface area contributed by atoms with Gasteiger partial charge in [-0.25, -0.2) is 0 Å². The molecule has 2 aliphatic carbocycles. The number of hydrogen-bond acceptors (Lipinski definition) is 0. The van der Waals surface area contributed by atoms with Crippen LogP contribution in [0.15, 0.2) is 140 Å². The summed E-state index contributed by atoms with van der Waals surface area (Å²) >= 11 is 0. The normalized spacial score (nSPS) is 12.9. The Morgan fingerprint density at radius 1 is 0.426 bits per heavy atom. The number of allylic oxidation sites excluding steroid dienone is 2. The van der Waals surface area contributed by atoms with Crippen LogP contribution in [0.2, 0.25) is 0 Å². The molecule has 0 bridgehead atoms. The average molecular weight is 607 g/mol. The fourth-order valence-corrected chi connectivity index (χ4v) is 7.09. The first-order chi connectivity index (χ1) is 23.0. The Labute approximate surface area is 279 Å². The van der Waals surface area contributed by atoms with Crippen LogP contribution in [0.25, 0.3) is 55.6 Å². The van der Waals surface area contributed by atoms with Gasteiger partial charge in [0.15, 0.2) is 0 Å². The van der Waals surface area contributed by atoms with E-state index in [-0.39, 0.29) is 0 Å². The van der Waals surface area contributed by atoms with Gasteiger partial charge in [-0.1, -0.05) is 157 Å². The van der Waals surface area contributed by atoms with Crippen molar-refractivity contribution < 1.29 is 0 Å². The minimum absolute atomic E-state index is 1.20. The Kier molecular flexibility index (Phi) is 8.85. The number of benzene rings is 7. The van der Waals surface area contributed by atoms with Crippen molar-refractivity contribution in [2.75, 3.05) is 0 Å². The molecule has 0 aromatic heterocycles. The van der Waals surface area contributed by atoms with Gasteiger partial charge in [0.25, 0.3) is 0 Å². The van der Waals surface area contributed by atoms with Crippen LogP contribution in [-0.4, -0.2) is 0 Å². The lowest BCUT2D eigenvalue weighted by Gasteiger charge is -2.15. The molecule has 0 nitrogen and oxygen atoms in total. The first-order valence-electron chi connectivity index (χ1n) is 17.0. The van der Waals surface area contributed by atoms with E-state index >= 15 is 0 Å².